The van der Waals surface area contributed by atoms with E-state index in [1.54, 1.807) is 30.3 Å². The van der Waals surface area contributed by atoms with Gasteiger partial charge in [0.05, 0.1) is 18.2 Å². The molecule has 2 N–H and O–H groups in total. The van der Waals surface area contributed by atoms with Gasteiger partial charge in [-0.05, 0) is 19.9 Å². The van der Waals surface area contributed by atoms with E-state index in [0.29, 0.717) is 5.96 Å². The summed E-state index contributed by atoms with van der Waals surface area (Å²) in [6.07, 6.45) is 2.93. The van der Waals surface area contributed by atoms with Crippen LogP contribution in [0.2, 0.25) is 0 Å². The number of nitrogens with one attached hydrogen (secondary N) is 2. The largest absolute Gasteiger partial charge is 0.379 e. The molecule has 1 amide bonds. The van der Waals surface area contributed by atoms with Gasteiger partial charge in [-0.15, -0.1) is 11.3 Å². The van der Waals surface area contributed by atoms with Gasteiger partial charge in [-0.25, -0.2) is 9.98 Å². The quantitative estimate of drug-likeness (QED) is 0.358. The van der Waals surface area contributed by atoms with E-state index in [2.05, 4.69) is 39.4 Å². The maximum Gasteiger partial charge on any atom is 0.243 e. The van der Waals surface area contributed by atoms with Gasteiger partial charge in [0.15, 0.2) is 5.96 Å². The highest BCUT2D eigenvalue weighted by molar-refractivity contribution is 7.11. The predicted octanol–water partition coefficient (Wildman–Crippen LogP) is 0.901. The second kappa shape index (κ2) is 12.0. The van der Waals surface area contributed by atoms with Crippen molar-refractivity contribution in [3.05, 3.63) is 16.1 Å². The number of aryl methyl sites for hydroxylation is 1. The zero-order valence-corrected chi connectivity index (χ0v) is 18.3. The summed E-state index contributed by atoms with van der Waals surface area (Å²) < 4.78 is 5.38. The van der Waals surface area contributed by atoms with Crippen LogP contribution in [0.15, 0.2) is 11.2 Å². The molecule has 0 aromatic carbocycles. The number of rotatable bonds is 9. The standard InChI is InChI=1S/C19H34N6O2S/c1-15(18-21-13-16(2)28-18)12-22-19(23-14-17(26)24(3)4)20-6-5-7-25-8-10-27-11-9-25/h13,15H,5-12,14H2,1-4H3,(H2,20,22,23). The molecule has 2 rings (SSSR count). The SMILES string of the molecule is Cc1cnc(C(C)CNC(=NCC(=O)N(C)C)NCCCN2CCOCC2)s1. The predicted molar refractivity (Wildman–Crippen MR) is 114 cm³/mol. The van der Waals surface area contributed by atoms with Crippen molar-refractivity contribution in [2.24, 2.45) is 4.99 Å². The molecule has 1 aliphatic rings. The number of aliphatic imine (C=N–C) groups is 1. The molecule has 1 aliphatic heterocycles. The highest BCUT2D eigenvalue weighted by atomic mass is 32.1. The highest BCUT2D eigenvalue weighted by Crippen LogP contribution is 2.20. The lowest BCUT2D eigenvalue weighted by molar-refractivity contribution is -0.127. The number of thiazole rings is 1. The highest BCUT2D eigenvalue weighted by Gasteiger charge is 2.12. The Morgan fingerprint density at radius 3 is 2.79 bits per heavy atom. The van der Waals surface area contributed by atoms with Crippen molar-refractivity contribution in [3.8, 4) is 0 Å². The number of aromatic nitrogens is 1. The fourth-order valence-corrected chi connectivity index (χ4v) is 3.56. The van der Waals surface area contributed by atoms with Crippen LogP contribution in [0, 0.1) is 6.92 Å². The number of nitrogens with zero attached hydrogens (tertiary/aromatic N) is 4. The molecule has 0 spiro atoms. The monoisotopic (exact) mass is 410 g/mol. The lowest BCUT2D eigenvalue weighted by atomic mass is 10.2. The van der Waals surface area contributed by atoms with Gasteiger partial charge in [0.2, 0.25) is 5.91 Å². The number of hydrogen-bond donors (Lipinski definition) is 2. The third kappa shape index (κ3) is 8.12. The van der Waals surface area contributed by atoms with Gasteiger partial charge in [0, 0.05) is 57.3 Å². The summed E-state index contributed by atoms with van der Waals surface area (Å²) in [5.41, 5.74) is 0. The fraction of sp³-hybridized carbons (Fsp3) is 0.737. The number of ether oxygens (including phenoxy) is 1. The molecule has 0 bridgehead atoms. The van der Waals surface area contributed by atoms with Gasteiger partial charge < -0.3 is 20.3 Å². The molecule has 0 saturated carbocycles. The molecule has 1 unspecified atom stereocenters. The van der Waals surface area contributed by atoms with Crippen LogP contribution in [-0.4, -0.2) is 93.2 Å². The second-order valence-corrected chi connectivity index (χ2v) is 8.54. The number of hydrogen-bond acceptors (Lipinski definition) is 6. The maximum absolute atomic E-state index is 11.9. The summed E-state index contributed by atoms with van der Waals surface area (Å²) in [6.45, 7) is 10.6. The first-order valence-electron chi connectivity index (χ1n) is 9.90. The van der Waals surface area contributed by atoms with E-state index in [1.807, 2.05) is 6.20 Å². The Hall–Kier alpha value is -1.71. The van der Waals surface area contributed by atoms with E-state index in [9.17, 15) is 4.79 Å². The summed E-state index contributed by atoms with van der Waals surface area (Å²) in [5.74, 6) is 0.943. The third-order valence-electron chi connectivity index (χ3n) is 4.55. The van der Waals surface area contributed by atoms with Gasteiger partial charge in [-0.1, -0.05) is 6.92 Å². The van der Waals surface area contributed by atoms with Crippen LogP contribution in [0.25, 0.3) is 0 Å². The topological polar surface area (TPSA) is 82.1 Å². The van der Waals surface area contributed by atoms with Crippen LogP contribution >= 0.6 is 11.3 Å². The van der Waals surface area contributed by atoms with E-state index in [1.165, 1.54) is 4.88 Å². The van der Waals surface area contributed by atoms with E-state index >= 15 is 0 Å². The molecule has 1 atom stereocenters. The van der Waals surface area contributed by atoms with Crippen LogP contribution < -0.4 is 10.6 Å². The van der Waals surface area contributed by atoms with Crippen molar-refractivity contribution in [3.63, 3.8) is 0 Å². The van der Waals surface area contributed by atoms with E-state index in [-0.39, 0.29) is 18.4 Å². The molecule has 0 aliphatic carbocycles. The smallest absolute Gasteiger partial charge is 0.243 e. The molecule has 8 nitrogen and oxygen atoms in total. The van der Waals surface area contributed by atoms with Crippen LogP contribution in [0.4, 0.5) is 0 Å². The molecule has 28 heavy (non-hydrogen) atoms. The molecule has 1 aromatic rings. The molecule has 0 radical (unpaired) electrons. The Morgan fingerprint density at radius 1 is 1.39 bits per heavy atom. The van der Waals surface area contributed by atoms with Crippen molar-refractivity contribution in [2.75, 3.05) is 66.6 Å². The van der Waals surface area contributed by atoms with Crippen molar-refractivity contribution < 1.29 is 9.53 Å². The molecule has 9 heteroatoms. The zero-order valence-electron chi connectivity index (χ0n) is 17.5. The second-order valence-electron chi connectivity index (χ2n) is 7.28. The number of likely N-dealkylation sites (N-methyl/N-ethyl adjacent to an activating group) is 1. The van der Waals surface area contributed by atoms with Crippen molar-refractivity contribution in [1.29, 1.82) is 0 Å². The average molecular weight is 411 g/mol. The number of morpholine rings is 1. The van der Waals surface area contributed by atoms with Crippen molar-refractivity contribution in [2.45, 2.75) is 26.2 Å². The minimum atomic E-state index is -0.0157. The van der Waals surface area contributed by atoms with Crippen LogP contribution in [0.5, 0.6) is 0 Å². The van der Waals surface area contributed by atoms with E-state index in [4.69, 9.17) is 4.74 Å². The fourth-order valence-electron chi connectivity index (χ4n) is 2.73. The summed E-state index contributed by atoms with van der Waals surface area (Å²) in [5, 5.41) is 7.83. The van der Waals surface area contributed by atoms with Gasteiger partial charge in [0.1, 0.15) is 6.54 Å². The van der Waals surface area contributed by atoms with Crippen LogP contribution in [0.3, 0.4) is 0 Å². The summed E-state index contributed by atoms with van der Waals surface area (Å²) >= 11 is 1.72. The Kier molecular flexibility index (Phi) is 9.66. The average Bonchev–Trinajstić information content (AvgIpc) is 3.13. The molecular formula is C19H34N6O2S. The maximum atomic E-state index is 11.9. The van der Waals surface area contributed by atoms with Crippen molar-refractivity contribution in [1.82, 2.24) is 25.4 Å². The van der Waals surface area contributed by atoms with Crippen molar-refractivity contribution >= 4 is 23.2 Å². The van der Waals surface area contributed by atoms with Gasteiger partial charge >= 0.3 is 0 Å². The number of carbonyl (C=O) groups excluding carboxylic acids is 1. The Bertz CT molecular complexity index is 628. The molecule has 1 fully saturated rings. The molecule has 158 valence electrons. The summed E-state index contributed by atoms with van der Waals surface area (Å²) in [4.78, 5) is 26.0. The van der Waals surface area contributed by atoms with Gasteiger partial charge in [-0.3, -0.25) is 9.69 Å². The first-order chi connectivity index (χ1) is 13.5. The van der Waals surface area contributed by atoms with Gasteiger partial charge in [-0.2, -0.15) is 0 Å². The Balaban J connectivity index is 1.81. The first kappa shape index (κ1) is 22.6. The third-order valence-corrected chi connectivity index (χ3v) is 5.70. The molecule has 1 saturated heterocycles. The Morgan fingerprint density at radius 2 is 2.14 bits per heavy atom. The molecular weight excluding hydrogens is 376 g/mol. The lowest BCUT2D eigenvalue weighted by Gasteiger charge is -2.26. The summed E-state index contributed by atoms with van der Waals surface area (Å²) in [6, 6.07) is 0. The Labute approximate surface area is 172 Å². The van der Waals surface area contributed by atoms with E-state index < -0.39 is 0 Å². The minimum absolute atomic E-state index is 0.0157. The van der Waals surface area contributed by atoms with Crippen LogP contribution in [0.1, 0.15) is 29.1 Å². The lowest BCUT2D eigenvalue weighted by Crippen LogP contribution is -2.42. The van der Waals surface area contributed by atoms with Gasteiger partial charge in [0.25, 0.3) is 0 Å². The number of guanidine groups is 1. The normalized spacial score (nSPS) is 16.6. The molecule has 2 heterocycles. The minimum Gasteiger partial charge on any atom is -0.379 e. The number of amides is 1. The zero-order chi connectivity index (χ0) is 20.4. The molecule has 1 aromatic heterocycles. The summed E-state index contributed by atoms with van der Waals surface area (Å²) in [7, 11) is 3.49. The first-order valence-corrected chi connectivity index (χ1v) is 10.7. The number of carbonyl (C=O) groups is 1. The van der Waals surface area contributed by atoms with Crippen LogP contribution in [-0.2, 0) is 9.53 Å². The van der Waals surface area contributed by atoms with E-state index in [0.717, 1.165) is 57.4 Å².